The van der Waals surface area contributed by atoms with E-state index in [-0.39, 0.29) is 12.4 Å². The number of hydrogen-bond acceptors (Lipinski definition) is 3. The van der Waals surface area contributed by atoms with Crippen LogP contribution >= 0.6 is 0 Å². The second-order valence-electron chi connectivity index (χ2n) is 10.9. The Labute approximate surface area is 210 Å². The van der Waals surface area contributed by atoms with Crippen molar-refractivity contribution >= 4 is 10.8 Å². The molecule has 0 N–H and O–H groups in total. The second kappa shape index (κ2) is 22.5. The van der Waals surface area contributed by atoms with Gasteiger partial charge in [0.05, 0.1) is 33.8 Å². The Kier molecular flexibility index (Phi) is 22.5. The zero-order valence-corrected chi connectivity index (χ0v) is 24.2. The maximum absolute atomic E-state index is 12.4. The van der Waals surface area contributed by atoms with E-state index in [1.807, 2.05) is 0 Å². The molecule has 0 amide bonds. The molecule has 0 fully saturated rings. The van der Waals surface area contributed by atoms with Gasteiger partial charge in [0.25, 0.3) is 0 Å². The quantitative estimate of drug-likeness (QED) is 0.0756. The third-order valence-corrected chi connectivity index (χ3v) is 7.81. The van der Waals surface area contributed by atoms with Crippen molar-refractivity contribution in [3.8, 4) is 0 Å². The normalized spacial score (nSPS) is 15.0. The molecule has 4 nitrogen and oxygen atoms in total. The Hall–Kier alpha value is 0.0300. The second-order valence-corrected chi connectivity index (χ2v) is 12.6. The van der Waals surface area contributed by atoms with Crippen molar-refractivity contribution in [3.05, 3.63) is 0 Å². The zero-order valence-electron chi connectivity index (χ0n) is 23.4. The van der Waals surface area contributed by atoms with Gasteiger partial charge in [-0.05, 0) is 12.8 Å². The Morgan fingerprint density at radius 1 is 0.667 bits per heavy atom. The largest absolute Gasteiger partial charge is 0.356 e. The minimum Gasteiger partial charge on any atom is -0.356 e. The maximum atomic E-state index is 12.4. The van der Waals surface area contributed by atoms with E-state index in [2.05, 4.69) is 35.0 Å². The lowest BCUT2D eigenvalue weighted by Crippen LogP contribution is -2.36. The minimum atomic E-state index is -0.780. The maximum Gasteiger partial charge on any atom is 0.158 e. The number of quaternary nitrogens is 1. The molecule has 0 aliphatic heterocycles. The van der Waals surface area contributed by atoms with Crippen LogP contribution in [-0.4, -0.2) is 67.4 Å². The van der Waals surface area contributed by atoms with E-state index in [1.54, 1.807) is 7.11 Å². The van der Waals surface area contributed by atoms with Crippen molar-refractivity contribution in [1.82, 2.24) is 0 Å². The van der Waals surface area contributed by atoms with Gasteiger partial charge in [0.1, 0.15) is 0 Å². The van der Waals surface area contributed by atoms with E-state index in [4.69, 9.17) is 9.47 Å². The first kappa shape index (κ1) is 33.0. The first-order valence-corrected chi connectivity index (χ1v) is 15.6. The molecule has 0 aromatic rings. The lowest BCUT2D eigenvalue weighted by atomic mass is 10.0. The van der Waals surface area contributed by atoms with Crippen LogP contribution in [0.2, 0.25) is 0 Å². The van der Waals surface area contributed by atoms with E-state index in [9.17, 15) is 4.21 Å². The van der Waals surface area contributed by atoms with Gasteiger partial charge in [-0.25, -0.2) is 0 Å². The molecule has 3 unspecified atom stereocenters. The van der Waals surface area contributed by atoms with Crippen LogP contribution in [0.4, 0.5) is 0 Å². The molecule has 0 spiro atoms. The summed E-state index contributed by atoms with van der Waals surface area (Å²) in [5, 5.41) is 0. The summed E-state index contributed by atoms with van der Waals surface area (Å²) in [6, 6.07) is 0. The molecule has 0 heterocycles. The first-order chi connectivity index (χ1) is 15.8. The van der Waals surface area contributed by atoms with Gasteiger partial charge in [-0.15, -0.1) is 0 Å². The van der Waals surface area contributed by atoms with Crippen LogP contribution in [0, 0.1) is 0 Å². The molecule has 0 aromatic carbocycles. The first-order valence-electron chi connectivity index (χ1n) is 14.2. The Morgan fingerprint density at radius 3 is 1.70 bits per heavy atom. The fourth-order valence-electron chi connectivity index (χ4n) is 4.30. The summed E-state index contributed by atoms with van der Waals surface area (Å²) in [4.78, 5) is 0. The van der Waals surface area contributed by atoms with Crippen molar-refractivity contribution in [2.45, 2.75) is 135 Å². The molecule has 0 saturated heterocycles. The summed E-state index contributed by atoms with van der Waals surface area (Å²) in [7, 11) is 7.49. The molecule has 33 heavy (non-hydrogen) atoms. The summed E-state index contributed by atoms with van der Waals surface area (Å²) in [5.41, 5.74) is 0. The Bertz CT molecular complexity index is 439. The molecule has 0 aromatic heterocycles. The predicted octanol–water partition coefficient (Wildman–Crippen LogP) is 7.47. The summed E-state index contributed by atoms with van der Waals surface area (Å²) >= 11 is 0. The van der Waals surface area contributed by atoms with E-state index in [0.717, 1.165) is 48.9 Å². The number of methoxy groups -OCH3 is 1. The predicted molar refractivity (Wildman–Crippen MR) is 146 cm³/mol. The van der Waals surface area contributed by atoms with E-state index >= 15 is 0 Å². The Morgan fingerprint density at radius 2 is 1.21 bits per heavy atom. The van der Waals surface area contributed by atoms with Crippen molar-refractivity contribution < 1.29 is 18.2 Å². The average Bonchev–Trinajstić information content (AvgIpc) is 2.76. The molecular formula is C28H60NO3S+. The molecule has 200 valence electrons. The van der Waals surface area contributed by atoms with Gasteiger partial charge >= 0.3 is 0 Å². The SMILES string of the molecule is CCCCCCCCCCCCCCC(CCC)OC(CCS(=O)CCC[N+](C)(C)C)OC. The lowest BCUT2D eigenvalue weighted by Gasteiger charge is -2.24. The monoisotopic (exact) mass is 490 g/mol. The van der Waals surface area contributed by atoms with Crippen molar-refractivity contribution in [2.24, 2.45) is 0 Å². The molecular weight excluding hydrogens is 430 g/mol. The third-order valence-electron chi connectivity index (χ3n) is 6.38. The highest BCUT2D eigenvalue weighted by Gasteiger charge is 2.17. The fourth-order valence-corrected chi connectivity index (χ4v) is 5.41. The molecule has 3 atom stereocenters. The molecule has 5 heteroatoms. The van der Waals surface area contributed by atoms with Crippen LogP contribution in [0.15, 0.2) is 0 Å². The van der Waals surface area contributed by atoms with Gasteiger partial charge in [0.15, 0.2) is 6.29 Å². The fraction of sp³-hybridized carbons (Fsp3) is 1.00. The number of nitrogens with zero attached hydrogens (tertiary/aromatic N) is 1. The van der Waals surface area contributed by atoms with Gasteiger partial charge in [-0.3, -0.25) is 4.21 Å². The van der Waals surface area contributed by atoms with Crippen LogP contribution in [0.5, 0.6) is 0 Å². The van der Waals surface area contributed by atoms with Gasteiger partial charge in [-0.1, -0.05) is 97.3 Å². The Balaban J connectivity index is 3.90. The molecule has 0 rings (SSSR count). The smallest absolute Gasteiger partial charge is 0.158 e. The highest BCUT2D eigenvalue weighted by atomic mass is 32.2. The van der Waals surface area contributed by atoms with Crippen LogP contribution in [-0.2, 0) is 20.3 Å². The number of ether oxygens (including phenoxy) is 2. The van der Waals surface area contributed by atoms with Crippen LogP contribution < -0.4 is 0 Å². The van der Waals surface area contributed by atoms with Crippen molar-refractivity contribution in [1.29, 1.82) is 0 Å². The van der Waals surface area contributed by atoms with E-state index < -0.39 is 10.8 Å². The number of unbranched alkanes of at least 4 members (excludes halogenated alkanes) is 11. The van der Waals surface area contributed by atoms with Gasteiger partial charge in [0, 0.05) is 42.3 Å². The van der Waals surface area contributed by atoms with Crippen LogP contribution in [0.3, 0.4) is 0 Å². The molecule has 0 radical (unpaired) electrons. The lowest BCUT2D eigenvalue weighted by molar-refractivity contribution is -0.870. The van der Waals surface area contributed by atoms with Crippen LogP contribution in [0.1, 0.15) is 123 Å². The van der Waals surface area contributed by atoms with Gasteiger partial charge < -0.3 is 14.0 Å². The highest BCUT2D eigenvalue weighted by molar-refractivity contribution is 7.84. The summed E-state index contributed by atoms with van der Waals surface area (Å²) < 4.78 is 25.2. The molecule has 0 saturated carbocycles. The van der Waals surface area contributed by atoms with Crippen molar-refractivity contribution in [2.75, 3.05) is 46.3 Å². The third kappa shape index (κ3) is 23.5. The highest BCUT2D eigenvalue weighted by Crippen LogP contribution is 2.18. The minimum absolute atomic E-state index is 0.221. The van der Waals surface area contributed by atoms with Crippen LogP contribution in [0.25, 0.3) is 0 Å². The molecule has 0 aliphatic rings. The summed E-state index contributed by atoms with van der Waals surface area (Å²) in [5.74, 6) is 1.45. The van der Waals surface area contributed by atoms with Crippen molar-refractivity contribution in [3.63, 3.8) is 0 Å². The molecule has 0 aliphatic carbocycles. The topological polar surface area (TPSA) is 35.5 Å². The van der Waals surface area contributed by atoms with Gasteiger partial charge in [0.2, 0.25) is 0 Å². The van der Waals surface area contributed by atoms with E-state index in [0.29, 0.717) is 5.75 Å². The molecule has 0 bridgehead atoms. The number of rotatable bonds is 25. The zero-order chi connectivity index (χ0) is 24.8. The summed E-state index contributed by atoms with van der Waals surface area (Å²) in [6.07, 6.45) is 21.7. The standard InChI is InChI=1S/C28H60NO3S/c1-7-9-10-11-12-13-14-15-16-17-18-19-22-27(21-8-2)32-28(31-6)23-26-33(30)25-20-24-29(3,4)5/h27-28H,7-26H2,1-6H3/q+1. The average molecular weight is 491 g/mol. The van der Waals surface area contributed by atoms with E-state index in [1.165, 1.54) is 77.0 Å². The number of hydrogen-bond donors (Lipinski definition) is 0. The summed E-state index contributed by atoms with van der Waals surface area (Å²) in [6.45, 7) is 5.57. The van der Waals surface area contributed by atoms with Gasteiger partial charge in [-0.2, -0.15) is 0 Å².